The van der Waals surface area contributed by atoms with Gasteiger partial charge in [-0.2, -0.15) is 0 Å². The summed E-state index contributed by atoms with van der Waals surface area (Å²) in [5, 5.41) is 34.7. The highest BCUT2D eigenvalue weighted by Crippen LogP contribution is 2.41. The van der Waals surface area contributed by atoms with Crippen LogP contribution in [0.25, 0.3) is 11.0 Å². The molecule has 2 fully saturated rings. The van der Waals surface area contributed by atoms with Gasteiger partial charge in [0.15, 0.2) is 0 Å². The molecule has 4 atom stereocenters. The van der Waals surface area contributed by atoms with E-state index < -0.39 is 18.2 Å². The van der Waals surface area contributed by atoms with Crippen molar-refractivity contribution in [3.63, 3.8) is 0 Å². The first-order valence-corrected chi connectivity index (χ1v) is 9.85. The minimum absolute atomic E-state index is 0.167. The molecule has 0 aliphatic heterocycles. The van der Waals surface area contributed by atoms with Crippen LogP contribution in [0.3, 0.4) is 0 Å². The van der Waals surface area contributed by atoms with Crippen LogP contribution in [0.1, 0.15) is 38.1 Å². The zero-order chi connectivity index (χ0) is 18.4. The van der Waals surface area contributed by atoms with Crippen LogP contribution >= 0.6 is 23.2 Å². The normalized spacial score (nSPS) is 29.7. The lowest BCUT2D eigenvalue weighted by atomic mass is 10.1. The van der Waals surface area contributed by atoms with E-state index >= 15 is 0 Å². The molecule has 2 aliphatic rings. The number of halogens is 2. The van der Waals surface area contributed by atoms with Gasteiger partial charge in [0.2, 0.25) is 5.95 Å². The first-order chi connectivity index (χ1) is 12.5. The van der Waals surface area contributed by atoms with E-state index in [0.717, 1.165) is 18.4 Å². The molecule has 0 spiro atoms. The summed E-state index contributed by atoms with van der Waals surface area (Å²) in [5.41, 5.74) is 1.45. The van der Waals surface area contributed by atoms with E-state index in [4.69, 9.17) is 23.2 Å². The zero-order valence-electron chi connectivity index (χ0n) is 14.3. The smallest absolute Gasteiger partial charge is 0.204 e. The summed E-state index contributed by atoms with van der Waals surface area (Å²) in [6, 6.07) is 3.41. The van der Waals surface area contributed by atoms with Gasteiger partial charge in [-0.3, -0.25) is 0 Å². The lowest BCUT2D eigenvalue weighted by Crippen LogP contribution is -2.31. The predicted molar refractivity (Wildman–Crippen MR) is 102 cm³/mol. The van der Waals surface area contributed by atoms with Gasteiger partial charge >= 0.3 is 0 Å². The number of aliphatic hydroxyl groups is 3. The molecule has 0 unspecified atom stereocenters. The molecule has 2 saturated carbocycles. The molecule has 0 saturated heterocycles. The van der Waals surface area contributed by atoms with Gasteiger partial charge < -0.3 is 25.2 Å². The molecule has 2 aliphatic carbocycles. The van der Waals surface area contributed by atoms with E-state index in [-0.39, 0.29) is 12.5 Å². The van der Waals surface area contributed by atoms with Gasteiger partial charge in [-0.05, 0) is 31.4 Å². The quantitative estimate of drug-likeness (QED) is 0.634. The van der Waals surface area contributed by atoms with Crippen molar-refractivity contribution >= 4 is 40.2 Å². The molecule has 4 rings (SSSR count). The highest BCUT2D eigenvalue weighted by Gasteiger charge is 2.43. The SMILES string of the molecule is OC[C@@H]1C[C@H](n2c(NC3CCCC3)nc3cc(Cl)c(Cl)cc32)[C@@H](O)[C@H]1O. The van der Waals surface area contributed by atoms with Crippen LogP contribution in [0.4, 0.5) is 5.95 Å². The minimum atomic E-state index is -0.983. The molecule has 6 nitrogen and oxygen atoms in total. The number of anilines is 1. The minimum Gasteiger partial charge on any atom is -0.396 e. The lowest BCUT2D eigenvalue weighted by molar-refractivity contribution is -0.00346. The van der Waals surface area contributed by atoms with Crippen molar-refractivity contribution in [3.8, 4) is 0 Å². The molecule has 0 bridgehead atoms. The van der Waals surface area contributed by atoms with Crippen LogP contribution in [-0.4, -0.2) is 49.7 Å². The number of fused-ring (bicyclic) bond motifs is 1. The van der Waals surface area contributed by atoms with Crippen LogP contribution in [0.15, 0.2) is 12.1 Å². The number of hydrogen-bond donors (Lipinski definition) is 4. The molecule has 0 amide bonds. The van der Waals surface area contributed by atoms with Crippen molar-refractivity contribution in [1.29, 1.82) is 0 Å². The zero-order valence-corrected chi connectivity index (χ0v) is 15.8. The van der Waals surface area contributed by atoms with Gasteiger partial charge in [-0.15, -0.1) is 0 Å². The van der Waals surface area contributed by atoms with Gasteiger partial charge in [0.1, 0.15) is 6.10 Å². The number of nitrogens with one attached hydrogen (secondary N) is 1. The van der Waals surface area contributed by atoms with Gasteiger partial charge in [0, 0.05) is 18.6 Å². The second-order valence-electron chi connectivity index (χ2n) is 7.41. The van der Waals surface area contributed by atoms with Crippen LogP contribution < -0.4 is 5.32 Å². The van der Waals surface area contributed by atoms with E-state index in [0.29, 0.717) is 34.0 Å². The van der Waals surface area contributed by atoms with E-state index in [1.165, 1.54) is 12.8 Å². The molecular weight excluding hydrogens is 377 g/mol. The fourth-order valence-corrected chi connectivity index (χ4v) is 4.63. The van der Waals surface area contributed by atoms with Crippen molar-refractivity contribution in [2.75, 3.05) is 11.9 Å². The summed E-state index contributed by atoms with van der Waals surface area (Å²) < 4.78 is 1.92. The van der Waals surface area contributed by atoms with E-state index in [9.17, 15) is 15.3 Å². The van der Waals surface area contributed by atoms with Crippen molar-refractivity contribution in [3.05, 3.63) is 22.2 Å². The third kappa shape index (κ3) is 3.08. The number of benzene rings is 1. The maximum atomic E-state index is 10.6. The van der Waals surface area contributed by atoms with E-state index in [1.807, 2.05) is 4.57 Å². The Balaban J connectivity index is 1.80. The van der Waals surface area contributed by atoms with Crippen LogP contribution in [0.2, 0.25) is 10.0 Å². The summed E-state index contributed by atoms with van der Waals surface area (Å²) in [6.07, 6.45) is 3.05. The Bertz CT molecular complexity index is 807. The van der Waals surface area contributed by atoms with Crippen LogP contribution in [0, 0.1) is 5.92 Å². The highest BCUT2D eigenvalue weighted by atomic mass is 35.5. The maximum absolute atomic E-state index is 10.6. The number of rotatable bonds is 4. The summed E-state index contributed by atoms with van der Waals surface area (Å²) in [5.74, 6) is 0.287. The first kappa shape index (κ1) is 18.3. The number of aromatic nitrogens is 2. The Kier molecular flexibility index (Phi) is 5.05. The Morgan fingerprint density at radius 1 is 1.12 bits per heavy atom. The third-order valence-electron chi connectivity index (χ3n) is 5.76. The Morgan fingerprint density at radius 3 is 2.46 bits per heavy atom. The highest BCUT2D eigenvalue weighted by molar-refractivity contribution is 6.42. The molecule has 26 heavy (non-hydrogen) atoms. The number of nitrogens with zero attached hydrogens (tertiary/aromatic N) is 2. The third-order valence-corrected chi connectivity index (χ3v) is 6.48. The van der Waals surface area contributed by atoms with Crippen molar-refractivity contribution in [2.24, 2.45) is 5.92 Å². The topological polar surface area (TPSA) is 90.5 Å². The summed E-state index contributed by atoms with van der Waals surface area (Å²) in [7, 11) is 0. The fraction of sp³-hybridized carbons (Fsp3) is 0.611. The van der Waals surface area contributed by atoms with Gasteiger partial charge in [0.25, 0.3) is 0 Å². The van der Waals surface area contributed by atoms with E-state index in [1.54, 1.807) is 12.1 Å². The molecule has 1 aromatic heterocycles. The number of hydrogen-bond acceptors (Lipinski definition) is 5. The molecule has 1 aromatic carbocycles. The van der Waals surface area contributed by atoms with Gasteiger partial charge in [0.05, 0.1) is 33.2 Å². The average molecular weight is 400 g/mol. The molecule has 0 radical (unpaired) electrons. The largest absolute Gasteiger partial charge is 0.396 e. The first-order valence-electron chi connectivity index (χ1n) is 9.10. The molecule has 2 aromatic rings. The lowest BCUT2D eigenvalue weighted by Gasteiger charge is -2.23. The van der Waals surface area contributed by atoms with Crippen molar-refractivity contribution < 1.29 is 15.3 Å². The standard InChI is InChI=1S/C18H23Cl2N3O3/c19-11-6-13-14(7-12(11)20)23(15-5-9(8-24)16(25)17(15)26)18(22-13)21-10-3-1-2-4-10/h6-7,9-10,15-17,24-26H,1-5,8H2,(H,21,22)/t9-,15-,16-,17+/m0/s1. The molecule has 1 heterocycles. The van der Waals surface area contributed by atoms with Crippen molar-refractivity contribution in [1.82, 2.24) is 9.55 Å². The monoisotopic (exact) mass is 399 g/mol. The van der Waals surface area contributed by atoms with E-state index in [2.05, 4.69) is 10.3 Å². The Morgan fingerprint density at radius 2 is 1.81 bits per heavy atom. The van der Waals surface area contributed by atoms with Crippen LogP contribution in [-0.2, 0) is 0 Å². The summed E-state index contributed by atoms with van der Waals surface area (Å²) >= 11 is 12.4. The molecule has 8 heteroatoms. The average Bonchev–Trinajstić information content (AvgIpc) is 3.30. The van der Waals surface area contributed by atoms with Gasteiger partial charge in [-0.1, -0.05) is 36.0 Å². The molecule has 4 N–H and O–H groups in total. The number of aliphatic hydroxyl groups excluding tert-OH is 3. The van der Waals surface area contributed by atoms with Crippen molar-refractivity contribution in [2.45, 2.75) is 56.4 Å². The summed E-state index contributed by atoms with van der Waals surface area (Å²) in [4.78, 5) is 4.69. The predicted octanol–water partition coefficient (Wildman–Crippen LogP) is 2.97. The Hall–Kier alpha value is -1.05. The molecular formula is C18H23Cl2N3O3. The second kappa shape index (κ2) is 7.17. The second-order valence-corrected chi connectivity index (χ2v) is 8.23. The summed E-state index contributed by atoms with van der Waals surface area (Å²) in [6.45, 7) is -0.167. The maximum Gasteiger partial charge on any atom is 0.204 e. The number of imidazole rings is 1. The fourth-order valence-electron chi connectivity index (χ4n) is 4.32. The molecule has 142 valence electrons. The van der Waals surface area contributed by atoms with Crippen LogP contribution in [0.5, 0.6) is 0 Å². The Labute approximate surface area is 161 Å². The van der Waals surface area contributed by atoms with Gasteiger partial charge in [-0.25, -0.2) is 4.98 Å².